The average Bonchev–Trinajstić information content (AvgIpc) is 2.62. The van der Waals surface area contributed by atoms with Gasteiger partial charge in [0.15, 0.2) is 0 Å². The second-order valence-electron chi connectivity index (χ2n) is 5.91. The molecule has 1 N–H and O–H groups in total. The summed E-state index contributed by atoms with van der Waals surface area (Å²) in [5, 5.41) is 15.3. The lowest BCUT2D eigenvalue weighted by atomic mass is 10.1. The fourth-order valence-corrected chi connectivity index (χ4v) is 2.60. The predicted molar refractivity (Wildman–Crippen MR) is 99.8 cm³/mol. The van der Waals surface area contributed by atoms with Crippen molar-refractivity contribution >= 4 is 28.8 Å². The summed E-state index contributed by atoms with van der Waals surface area (Å²) in [6, 6.07) is 12.5. The fourth-order valence-electron chi connectivity index (χ4n) is 2.60. The predicted octanol–water partition coefficient (Wildman–Crippen LogP) is 2.70. The molecule has 0 saturated heterocycles. The van der Waals surface area contributed by atoms with Gasteiger partial charge in [-0.1, -0.05) is 23.8 Å². The highest BCUT2D eigenvalue weighted by molar-refractivity contribution is 5.88. The van der Waals surface area contributed by atoms with Gasteiger partial charge >= 0.3 is 5.63 Å². The van der Waals surface area contributed by atoms with Crippen LogP contribution in [0.5, 0.6) is 0 Å². The molecular formula is C19H15N3O5. The number of nitrogens with one attached hydrogen (secondary N) is 1. The third-order valence-corrected chi connectivity index (χ3v) is 3.82. The number of nitrogens with zero attached hydrogens (tertiary/aromatic N) is 2. The van der Waals surface area contributed by atoms with E-state index in [9.17, 15) is 19.7 Å². The summed E-state index contributed by atoms with van der Waals surface area (Å²) in [6.07, 6.45) is 1.25. The number of nitro groups is 1. The highest BCUT2D eigenvalue weighted by Crippen LogP contribution is 2.19. The van der Waals surface area contributed by atoms with Crippen molar-refractivity contribution in [2.24, 2.45) is 5.10 Å². The highest BCUT2D eigenvalue weighted by Gasteiger charge is 2.10. The molecule has 0 unspecified atom stereocenters. The highest BCUT2D eigenvalue weighted by atomic mass is 16.6. The maximum absolute atomic E-state index is 12.2. The van der Waals surface area contributed by atoms with Crippen molar-refractivity contribution in [1.82, 2.24) is 5.43 Å². The van der Waals surface area contributed by atoms with Gasteiger partial charge in [0.2, 0.25) is 5.91 Å². The van der Waals surface area contributed by atoms with Crippen LogP contribution >= 0.6 is 0 Å². The van der Waals surface area contributed by atoms with E-state index in [1.54, 1.807) is 12.1 Å². The molecule has 0 bridgehead atoms. The Bertz CT molecular complexity index is 1120. The quantitative estimate of drug-likeness (QED) is 0.323. The molecule has 3 aromatic rings. The third kappa shape index (κ3) is 4.43. The smallest absolute Gasteiger partial charge is 0.336 e. The van der Waals surface area contributed by atoms with E-state index in [4.69, 9.17) is 4.42 Å². The first-order valence-electron chi connectivity index (χ1n) is 8.02. The molecule has 8 nitrogen and oxygen atoms in total. The van der Waals surface area contributed by atoms with Gasteiger partial charge < -0.3 is 4.42 Å². The summed E-state index contributed by atoms with van der Waals surface area (Å²) < 4.78 is 5.14. The third-order valence-electron chi connectivity index (χ3n) is 3.82. The molecule has 0 atom stereocenters. The number of fused-ring (bicyclic) bond motifs is 1. The summed E-state index contributed by atoms with van der Waals surface area (Å²) >= 11 is 0. The van der Waals surface area contributed by atoms with E-state index < -0.39 is 16.5 Å². The lowest BCUT2D eigenvalue weighted by Gasteiger charge is -2.05. The number of benzene rings is 2. The number of rotatable bonds is 5. The molecule has 0 radical (unpaired) electrons. The second kappa shape index (κ2) is 7.61. The van der Waals surface area contributed by atoms with Gasteiger partial charge in [-0.3, -0.25) is 14.9 Å². The Balaban J connectivity index is 1.74. The van der Waals surface area contributed by atoms with Crippen LogP contribution in [0.1, 0.15) is 16.7 Å². The Morgan fingerprint density at radius 2 is 2.07 bits per heavy atom. The van der Waals surface area contributed by atoms with E-state index in [0.717, 1.165) is 5.56 Å². The molecule has 0 aliphatic carbocycles. The van der Waals surface area contributed by atoms with Crippen LogP contribution in [0.4, 0.5) is 5.69 Å². The van der Waals surface area contributed by atoms with Crippen LogP contribution in [0.25, 0.3) is 11.0 Å². The van der Waals surface area contributed by atoms with Crippen LogP contribution in [0.15, 0.2) is 62.8 Å². The summed E-state index contributed by atoms with van der Waals surface area (Å²) in [6.45, 7) is 1.90. The molecule has 1 aromatic heterocycles. The van der Waals surface area contributed by atoms with Gasteiger partial charge in [-0.05, 0) is 24.6 Å². The summed E-state index contributed by atoms with van der Waals surface area (Å²) in [5.41, 5.74) is 4.16. The number of amides is 1. The molecule has 136 valence electrons. The van der Waals surface area contributed by atoms with Gasteiger partial charge in [-0.2, -0.15) is 5.10 Å². The zero-order valence-corrected chi connectivity index (χ0v) is 14.3. The molecular weight excluding hydrogens is 350 g/mol. The number of hydrogen-bond acceptors (Lipinski definition) is 6. The number of non-ortho nitro benzene ring substituents is 1. The molecule has 0 saturated carbocycles. The largest absolute Gasteiger partial charge is 0.423 e. The van der Waals surface area contributed by atoms with Gasteiger partial charge in [-0.25, -0.2) is 10.2 Å². The molecule has 1 heterocycles. The van der Waals surface area contributed by atoms with Crippen molar-refractivity contribution in [2.75, 3.05) is 0 Å². The van der Waals surface area contributed by atoms with Crippen molar-refractivity contribution in [3.8, 4) is 0 Å². The van der Waals surface area contributed by atoms with Crippen molar-refractivity contribution in [3.63, 3.8) is 0 Å². The van der Waals surface area contributed by atoms with Crippen LogP contribution in [0, 0.1) is 17.0 Å². The number of carbonyl (C=O) groups excluding carboxylic acids is 1. The summed E-state index contributed by atoms with van der Waals surface area (Å²) in [4.78, 5) is 34.1. The van der Waals surface area contributed by atoms with E-state index in [-0.39, 0.29) is 12.1 Å². The van der Waals surface area contributed by atoms with Crippen LogP contribution in [-0.4, -0.2) is 17.0 Å². The maximum Gasteiger partial charge on any atom is 0.336 e. The van der Waals surface area contributed by atoms with E-state index in [2.05, 4.69) is 10.5 Å². The molecule has 2 aromatic carbocycles. The Kier molecular flexibility index (Phi) is 5.07. The maximum atomic E-state index is 12.2. The minimum absolute atomic E-state index is 0.0577. The normalized spacial score (nSPS) is 11.0. The van der Waals surface area contributed by atoms with Crippen molar-refractivity contribution < 1.29 is 14.1 Å². The summed E-state index contributed by atoms with van der Waals surface area (Å²) in [5.74, 6) is -0.426. The molecule has 0 aliphatic rings. The standard InChI is InChI=1S/C19H15N3O5/c1-12-5-6-17-16(7-12)14(10-19(24)27-17)9-18(23)21-20-11-13-3-2-4-15(8-13)22(25)26/h2-8,10-11H,9H2,1H3,(H,21,23)/b20-11+. The number of carbonyl (C=O) groups is 1. The SMILES string of the molecule is Cc1ccc2oc(=O)cc(CC(=O)N/N=C/c3cccc([N+](=O)[O-])c3)c2c1. The first kappa shape index (κ1) is 18.0. The van der Waals surface area contributed by atoms with E-state index in [0.29, 0.717) is 22.1 Å². The van der Waals surface area contributed by atoms with Gasteiger partial charge in [0.1, 0.15) is 5.58 Å². The Morgan fingerprint density at radius 1 is 1.26 bits per heavy atom. The number of hydrogen-bond donors (Lipinski definition) is 1. The fraction of sp³-hybridized carbons (Fsp3) is 0.105. The molecule has 27 heavy (non-hydrogen) atoms. The lowest BCUT2D eigenvalue weighted by molar-refractivity contribution is -0.384. The number of hydrazone groups is 1. The van der Waals surface area contributed by atoms with Crippen molar-refractivity contribution in [3.05, 3.63) is 85.8 Å². The minimum atomic E-state index is -0.533. The van der Waals surface area contributed by atoms with E-state index >= 15 is 0 Å². The average molecular weight is 365 g/mol. The van der Waals surface area contributed by atoms with Crippen LogP contribution in [0.3, 0.4) is 0 Å². The first-order valence-corrected chi connectivity index (χ1v) is 8.02. The monoisotopic (exact) mass is 365 g/mol. The van der Waals surface area contributed by atoms with Gasteiger partial charge in [0.05, 0.1) is 17.6 Å². The number of aryl methyl sites for hydroxylation is 1. The minimum Gasteiger partial charge on any atom is -0.423 e. The van der Waals surface area contributed by atoms with E-state index in [1.807, 2.05) is 19.1 Å². The number of nitro benzene ring substituents is 1. The molecule has 0 fully saturated rings. The van der Waals surface area contributed by atoms with Gasteiger partial charge in [0.25, 0.3) is 5.69 Å². The Labute approximate surface area is 153 Å². The van der Waals surface area contributed by atoms with Crippen LogP contribution in [-0.2, 0) is 11.2 Å². The molecule has 0 aliphatic heterocycles. The lowest BCUT2D eigenvalue weighted by Crippen LogP contribution is -2.20. The molecule has 8 heteroatoms. The zero-order chi connectivity index (χ0) is 19.4. The molecule has 3 rings (SSSR count). The van der Waals surface area contributed by atoms with Crippen LogP contribution < -0.4 is 11.1 Å². The second-order valence-corrected chi connectivity index (χ2v) is 5.91. The van der Waals surface area contributed by atoms with E-state index in [1.165, 1.54) is 30.5 Å². The Morgan fingerprint density at radius 3 is 2.85 bits per heavy atom. The first-order chi connectivity index (χ1) is 12.9. The molecule has 1 amide bonds. The van der Waals surface area contributed by atoms with Crippen molar-refractivity contribution in [2.45, 2.75) is 13.3 Å². The van der Waals surface area contributed by atoms with Crippen molar-refractivity contribution in [1.29, 1.82) is 0 Å². The van der Waals surface area contributed by atoms with Gasteiger partial charge in [0, 0.05) is 29.1 Å². The Hall–Kier alpha value is -3.81. The summed E-state index contributed by atoms with van der Waals surface area (Å²) in [7, 11) is 0. The van der Waals surface area contributed by atoms with Crippen LogP contribution in [0.2, 0.25) is 0 Å². The topological polar surface area (TPSA) is 115 Å². The zero-order valence-electron chi connectivity index (χ0n) is 14.3. The van der Waals surface area contributed by atoms with Gasteiger partial charge in [-0.15, -0.1) is 0 Å². The molecule has 0 spiro atoms.